The van der Waals surface area contributed by atoms with E-state index in [1.54, 1.807) is 52.2 Å². The number of piperidine rings is 1. The monoisotopic (exact) mass is 494 g/mol. The van der Waals surface area contributed by atoms with E-state index in [0.29, 0.717) is 11.1 Å². The number of nitriles is 1. The lowest BCUT2D eigenvalue weighted by molar-refractivity contribution is -0.128. The summed E-state index contributed by atoms with van der Waals surface area (Å²) in [4.78, 5) is 39.2. The van der Waals surface area contributed by atoms with E-state index in [1.165, 1.54) is 21.6 Å². The van der Waals surface area contributed by atoms with Gasteiger partial charge in [0.25, 0.3) is 0 Å². The van der Waals surface area contributed by atoms with Gasteiger partial charge in [0.15, 0.2) is 0 Å². The number of carbonyl (C=O) groups is 2. The van der Waals surface area contributed by atoms with E-state index in [2.05, 4.69) is 5.32 Å². The van der Waals surface area contributed by atoms with Gasteiger partial charge in [-0.2, -0.15) is 5.26 Å². The molecule has 2 aromatic rings. The third kappa shape index (κ3) is 5.27. The van der Waals surface area contributed by atoms with Gasteiger partial charge in [-0.05, 0) is 74.8 Å². The van der Waals surface area contributed by atoms with Crippen LogP contribution in [0.4, 0.5) is 9.18 Å². The number of likely N-dealkylation sites (tertiary alicyclic amines) is 1. The maximum atomic E-state index is 14.9. The molecule has 1 N–H and O–H groups in total. The number of carbonyl (C=O) groups excluding carboxylic acids is 2. The van der Waals surface area contributed by atoms with E-state index in [0.717, 1.165) is 19.3 Å². The maximum Gasteiger partial charge on any atom is 0.411 e. The molecule has 1 saturated heterocycles. The summed E-state index contributed by atoms with van der Waals surface area (Å²) in [6.07, 6.45) is 3.47. The lowest BCUT2D eigenvalue weighted by atomic mass is 9.97. The molecule has 2 amide bonds. The van der Waals surface area contributed by atoms with E-state index >= 15 is 0 Å². The first kappa shape index (κ1) is 25.4. The Hall–Kier alpha value is -3.67. The van der Waals surface area contributed by atoms with Crippen molar-refractivity contribution in [1.82, 2.24) is 14.8 Å². The molecule has 4 rings (SSSR count). The first-order chi connectivity index (χ1) is 17.0. The molecular weight excluding hydrogens is 463 g/mol. The molecule has 0 unspecified atom stereocenters. The van der Waals surface area contributed by atoms with E-state index in [9.17, 15) is 24.0 Å². The highest BCUT2D eigenvalue weighted by Crippen LogP contribution is 2.43. The second-order valence-corrected chi connectivity index (χ2v) is 10.6. The van der Waals surface area contributed by atoms with Crippen molar-refractivity contribution in [2.24, 2.45) is 13.0 Å². The number of rotatable bonds is 5. The van der Waals surface area contributed by atoms with Gasteiger partial charge in [0.2, 0.25) is 11.5 Å². The lowest BCUT2D eigenvalue weighted by Crippen LogP contribution is -2.55. The summed E-state index contributed by atoms with van der Waals surface area (Å²) in [5.74, 6) is -0.910. The standard InChI is InChI=1S/C27H31FN4O4/c1-27(2,3)36-26(35)32-21-9-7-18(12-21)24(32)25(34)30-20(14-29)11-17-6-5-16(13-22(17)28)19-8-10-23(33)31(4)15-19/h5-6,8,10,13,15,18,20-21,24H,7,9,11-12H2,1-4H3,(H,30,34)/t18-,20-,21+,24-/m0/s1. The highest BCUT2D eigenvalue weighted by atomic mass is 19.1. The zero-order valence-electron chi connectivity index (χ0n) is 21.0. The Bertz CT molecular complexity index is 1280. The number of benzene rings is 1. The van der Waals surface area contributed by atoms with Gasteiger partial charge < -0.3 is 14.6 Å². The average molecular weight is 495 g/mol. The molecule has 1 saturated carbocycles. The van der Waals surface area contributed by atoms with Crippen molar-refractivity contribution < 1.29 is 18.7 Å². The minimum absolute atomic E-state index is 0.0136. The van der Waals surface area contributed by atoms with Crippen LogP contribution >= 0.6 is 0 Å². The van der Waals surface area contributed by atoms with Gasteiger partial charge in [0.1, 0.15) is 23.5 Å². The number of ether oxygens (including phenoxy) is 1. The number of fused-ring (bicyclic) bond motifs is 2. The average Bonchev–Trinajstić information content (AvgIpc) is 3.42. The molecule has 36 heavy (non-hydrogen) atoms. The second-order valence-electron chi connectivity index (χ2n) is 10.6. The number of halogens is 1. The summed E-state index contributed by atoms with van der Waals surface area (Å²) in [5, 5.41) is 12.4. The van der Waals surface area contributed by atoms with Gasteiger partial charge >= 0.3 is 6.09 Å². The van der Waals surface area contributed by atoms with Gasteiger partial charge in [0.05, 0.1) is 6.07 Å². The number of nitrogens with one attached hydrogen (secondary N) is 1. The third-order valence-corrected chi connectivity index (χ3v) is 6.83. The number of nitrogens with zero attached hydrogens (tertiary/aromatic N) is 3. The molecule has 190 valence electrons. The summed E-state index contributed by atoms with van der Waals surface area (Å²) < 4.78 is 21.9. The molecule has 2 bridgehead atoms. The lowest BCUT2D eigenvalue weighted by Gasteiger charge is -2.35. The first-order valence-electron chi connectivity index (χ1n) is 12.1. The Balaban J connectivity index is 1.47. The predicted molar refractivity (Wildman–Crippen MR) is 131 cm³/mol. The molecular formula is C27H31FN4O4. The first-order valence-corrected chi connectivity index (χ1v) is 12.1. The van der Waals surface area contributed by atoms with Gasteiger partial charge in [0, 0.05) is 31.8 Å². The van der Waals surface area contributed by atoms with Crippen molar-refractivity contribution in [2.45, 2.75) is 70.2 Å². The van der Waals surface area contributed by atoms with Crippen LogP contribution in [-0.2, 0) is 23.0 Å². The zero-order valence-corrected chi connectivity index (χ0v) is 21.0. The summed E-state index contributed by atoms with van der Waals surface area (Å²) in [5.41, 5.74) is 0.717. The molecule has 1 aliphatic heterocycles. The Kier molecular flexibility index (Phi) is 6.90. The van der Waals surface area contributed by atoms with Crippen LogP contribution in [0, 0.1) is 23.1 Å². The zero-order chi connectivity index (χ0) is 26.2. The summed E-state index contributed by atoms with van der Waals surface area (Å²) >= 11 is 0. The van der Waals surface area contributed by atoms with Crippen molar-refractivity contribution in [3.63, 3.8) is 0 Å². The number of aryl methyl sites for hydroxylation is 1. The molecule has 0 radical (unpaired) electrons. The number of hydrogen-bond donors (Lipinski definition) is 1. The van der Waals surface area contributed by atoms with E-state index in [1.807, 2.05) is 6.07 Å². The van der Waals surface area contributed by atoms with Gasteiger partial charge in [-0.3, -0.25) is 14.5 Å². The molecule has 9 heteroatoms. The minimum Gasteiger partial charge on any atom is -0.444 e. The van der Waals surface area contributed by atoms with Crippen LogP contribution in [-0.4, -0.2) is 45.2 Å². The van der Waals surface area contributed by atoms with Crippen LogP contribution in [0.25, 0.3) is 11.1 Å². The van der Waals surface area contributed by atoms with Crippen LogP contribution in [0.15, 0.2) is 41.3 Å². The summed E-state index contributed by atoms with van der Waals surface area (Å²) in [7, 11) is 1.62. The molecule has 1 aliphatic carbocycles. The Morgan fingerprint density at radius 1 is 1.22 bits per heavy atom. The Labute approximate surface area is 209 Å². The van der Waals surface area contributed by atoms with Crippen molar-refractivity contribution in [3.05, 3.63) is 58.3 Å². The largest absolute Gasteiger partial charge is 0.444 e. The Morgan fingerprint density at radius 3 is 2.58 bits per heavy atom. The SMILES string of the molecule is Cn1cc(-c2ccc(C[C@@H](C#N)NC(=O)[C@@H]3[C@H]4CC[C@H](C4)N3C(=O)OC(C)(C)C)c(F)c2)ccc1=O. The Morgan fingerprint density at radius 2 is 1.94 bits per heavy atom. The number of amides is 2. The van der Waals surface area contributed by atoms with E-state index in [4.69, 9.17) is 4.74 Å². The molecule has 4 atom stereocenters. The van der Waals surface area contributed by atoms with Crippen molar-refractivity contribution >= 4 is 12.0 Å². The minimum atomic E-state index is -0.963. The smallest absolute Gasteiger partial charge is 0.411 e. The van der Waals surface area contributed by atoms with Crippen molar-refractivity contribution in [3.8, 4) is 17.2 Å². The number of pyridine rings is 1. The highest BCUT2D eigenvalue weighted by Gasteiger charge is 2.52. The van der Waals surface area contributed by atoms with Crippen LogP contribution in [0.2, 0.25) is 0 Å². The normalized spacial score (nSPS) is 21.7. The molecule has 1 aromatic carbocycles. The second kappa shape index (κ2) is 9.76. The highest BCUT2D eigenvalue weighted by molar-refractivity contribution is 5.87. The van der Waals surface area contributed by atoms with Crippen molar-refractivity contribution in [2.75, 3.05) is 0 Å². The van der Waals surface area contributed by atoms with Gasteiger partial charge in [-0.15, -0.1) is 0 Å². The predicted octanol–water partition coefficient (Wildman–Crippen LogP) is 3.53. The molecule has 2 aliphatic rings. The quantitative estimate of drug-likeness (QED) is 0.685. The van der Waals surface area contributed by atoms with Crippen LogP contribution in [0.3, 0.4) is 0 Å². The molecule has 8 nitrogen and oxygen atoms in total. The van der Waals surface area contributed by atoms with Crippen LogP contribution < -0.4 is 10.9 Å². The fourth-order valence-corrected chi connectivity index (χ4v) is 5.17. The molecule has 1 aromatic heterocycles. The van der Waals surface area contributed by atoms with E-state index < -0.39 is 35.5 Å². The fourth-order valence-electron chi connectivity index (χ4n) is 5.17. The van der Waals surface area contributed by atoms with Gasteiger partial charge in [-0.1, -0.05) is 12.1 Å². The molecule has 2 heterocycles. The number of hydrogen-bond acceptors (Lipinski definition) is 5. The van der Waals surface area contributed by atoms with Crippen molar-refractivity contribution in [1.29, 1.82) is 5.26 Å². The molecule has 2 fully saturated rings. The van der Waals surface area contributed by atoms with Crippen LogP contribution in [0.5, 0.6) is 0 Å². The third-order valence-electron chi connectivity index (χ3n) is 6.83. The summed E-state index contributed by atoms with van der Waals surface area (Å²) in [6.45, 7) is 5.33. The fraction of sp³-hybridized carbons (Fsp3) is 0.481. The van der Waals surface area contributed by atoms with E-state index in [-0.39, 0.29) is 29.5 Å². The summed E-state index contributed by atoms with van der Waals surface area (Å²) in [6, 6.07) is 8.02. The molecule has 0 spiro atoms. The van der Waals surface area contributed by atoms with Gasteiger partial charge in [-0.25, -0.2) is 9.18 Å². The maximum absolute atomic E-state index is 14.9. The number of aromatic nitrogens is 1. The topological polar surface area (TPSA) is 104 Å². The van der Waals surface area contributed by atoms with Crippen LogP contribution in [0.1, 0.15) is 45.6 Å².